The second-order valence-corrected chi connectivity index (χ2v) is 29.6. The molecule has 15 rings (SSSR count). The standard InChI is InChI=1S/C24H27FN8O2.C22H24F2N8O.C22H26N8O/c1-23(2)11-18(21(25)24(3,4)30-23)33-22-17(28-31-33)9-16(27-29-22)14-7-6-13(8-19(14)34)15-10-20(35)32(5)12-26-15;1-21(2)9-16(18(23)22(3,4)30-21)32-20-15(27-31-32)8-14(26-29-20)12-6-5-11(7-17(12)33)13-10-25-28-19(13)24;1-21(2)11-16(12-22(3,4)28-21)29-20-14(13-25-29)9-18(26-27-20)17-6-5-15(10-19(17)31)30-23-7-8-24-30/h6-10,12,18,21,30,34H,11H2,1-5H3;5-8,10,16,18,30,33H,9H2,1-4H3,(H,25,28);5-10,13,16,28,31H,11-12H2,1-4H3/t18-,21-;16-,18-;/m00./s1. The molecule has 99 heavy (non-hydrogen) atoms. The number of piperidine rings is 3. The quantitative estimate of drug-likeness (QED) is 0.0706. The van der Waals surface area contributed by atoms with E-state index in [9.17, 15) is 24.5 Å². The molecule has 12 heterocycles. The zero-order valence-electron chi connectivity index (χ0n) is 56.9. The van der Waals surface area contributed by atoms with E-state index < -0.39 is 41.5 Å². The normalized spacial score (nSPS) is 20.6. The molecule has 3 aromatic carbocycles. The van der Waals surface area contributed by atoms with Crippen molar-refractivity contribution in [2.24, 2.45) is 7.05 Å². The van der Waals surface area contributed by atoms with E-state index in [0.29, 0.717) is 91.4 Å². The minimum Gasteiger partial charge on any atom is -0.507 e. The van der Waals surface area contributed by atoms with E-state index in [-0.39, 0.29) is 56.6 Å². The number of fused-ring (bicyclic) bond motifs is 3. The molecular weight excluding hydrogens is 1270 g/mol. The molecule has 514 valence electrons. The average molecular weight is 1350 g/mol. The van der Waals surface area contributed by atoms with E-state index in [1.807, 2.05) is 78.4 Å². The molecule has 0 aliphatic carbocycles. The third-order valence-electron chi connectivity index (χ3n) is 18.4. The first-order chi connectivity index (χ1) is 46.7. The fourth-order valence-corrected chi connectivity index (χ4v) is 14.6. The lowest BCUT2D eigenvalue weighted by Crippen LogP contribution is -2.64. The minimum atomic E-state index is -1.21. The van der Waals surface area contributed by atoms with E-state index in [0.717, 1.165) is 23.9 Å². The number of aromatic hydroxyl groups is 3. The third kappa shape index (κ3) is 13.4. The first-order valence-electron chi connectivity index (χ1n) is 32.4. The number of nitrogens with one attached hydrogen (secondary N) is 4. The van der Waals surface area contributed by atoms with Crippen molar-refractivity contribution in [3.8, 4) is 79.1 Å². The molecule has 0 amide bonds. The van der Waals surface area contributed by atoms with Gasteiger partial charge in [0.25, 0.3) is 5.56 Å². The van der Waals surface area contributed by atoms with Gasteiger partial charge in [-0.25, -0.2) is 27.8 Å². The van der Waals surface area contributed by atoms with Gasteiger partial charge in [0.05, 0.1) is 83.3 Å². The molecule has 0 bridgehead atoms. The van der Waals surface area contributed by atoms with Crippen molar-refractivity contribution in [2.45, 2.75) is 172 Å². The van der Waals surface area contributed by atoms with E-state index in [2.05, 4.69) is 125 Å². The van der Waals surface area contributed by atoms with Gasteiger partial charge < -0.3 is 35.8 Å². The first-order valence-corrected chi connectivity index (χ1v) is 32.4. The van der Waals surface area contributed by atoms with Gasteiger partial charge in [-0.05, 0) is 169 Å². The summed E-state index contributed by atoms with van der Waals surface area (Å²) in [6, 6.07) is 20.7. The topological polar surface area (TPSA) is 348 Å². The summed E-state index contributed by atoms with van der Waals surface area (Å²) in [5.74, 6) is -0.635. The summed E-state index contributed by atoms with van der Waals surface area (Å²) in [6.07, 6.45) is 8.30. The van der Waals surface area contributed by atoms with Crippen molar-refractivity contribution in [3.63, 3.8) is 0 Å². The maximum absolute atomic E-state index is 15.4. The summed E-state index contributed by atoms with van der Waals surface area (Å²) >= 11 is 0. The van der Waals surface area contributed by atoms with Gasteiger partial charge in [-0.15, -0.1) is 40.8 Å². The molecule has 9 aromatic heterocycles. The van der Waals surface area contributed by atoms with Gasteiger partial charge in [0, 0.05) is 80.1 Å². The van der Waals surface area contributed by atoms with E-state index in [4.69, 9.17) is 0 Å². The summed E-state index contributed by atoms with van der Waals surface area (Å²) < 4.78 is 51.0. The Morgan fingerprint density at radius 1 is 0.495 bits per heavy atom. The van der Waals surface area contributed by atoms with Crippen LogP contribution < -0.4 is 21.5 Å². The minimum absolute atomic E-state index is 0.00896. The highest BCUT2D eigenvalue weighted by molar-refractivity contribution is 5.82. The first kappa shape index (κ1) is 67.1. The van der Waals surface area contributed by atoms with Crippen LogP contribution in [-0.4, -0.2) is 166 Å². The number of aromatic amines is 1. The van der Waals surface area contributed by atoms with Crippen LogP contribution >= 0.6 is 0 Å². The van der Waals surface area contributed by atoms with Crippen molar-refractivity contribution in [3.05, 3.63) is 126 Å². The maximum atomic E-state index is 15.4. The van der Waals surface area contributed by atoms with Crippen molar-refractivity contribution in [1.29, 1.82) is 0 Å². The zero-order chi connectivity index (χ0) is 70.5. The number of phenols is 3. The van der Waals surface area contributed by atoms with Gasteiger partial charge in [0.15, 0.2) is 5.65 Å². The fraction of sp³-hybridized carbons (Fsp3) is 0.412. The number of hydrogen-bond acceptors (Lipinski definition) is 22. The number of benzene rings is 3. The summed E-state index contributed by atoms with van der Waals surface area (Å²) in [4.78, 5) is 17.6. The maximum Gasteiger partial charge on any atom is 0.253 e. The molecular formula is C68H77F3N24O4. The van der Waals surface area contributed by atoms with Gasteiger partial charge in [-0.2, -0.15) is 29.6 Å². The molecule has 0 saturated carbocycles. The zero-order valence-corrected chi connectivity index (χ0v) is 56.9. The Balaban J connectivity index is 0.000000134. The van der Waals surface area contributed by atoms with Crippen LogP contribution in [0.15, 0.2) is 115 Å². The molecule has 4 atom stereocenters. The SMILES string of the molecule is CC1(C)CC(n2ncc3cc(-c4ccc(-n5nccn5)cc4O)nnc32)CC(C)(C)N1.CC1(C)C[C@H](n2nnc3cc(-c4ccc(-c5cn[nH]c5F)cc4O)nnc32)[C@H](F)C(C)(C)N1.Cn1cnc(-c2ccc(-c3cc4nnn([C@H]5CC(C)(C)NC(C)(C)[C@H]5F)c4nn3)c(O)c2)cc1=O. The Bertz CT molecular complexity index is 5060. The van der Waals surface area contributed by atoms with E-state index in [1.54, 1.807) is 68.0 Å². The Morgan fingerprint density at radius 2 is 0.980 bits per heavy atom. The number of H-pyrrole nitrogens is 1. The molecule has 3 fully saturated rings. The molecule has 28 nitrogen and oxygen atoms in total. The molecule has 7 N–H and O–H groups in total. The lowest BCUT2D eigenvalue weighted by Gasteiger charge is -2.48. The van der Waals surface area contributed by atoms with Crippen LogP contribution in [-0.2, 0) is 7.05 Å². The smallest absolute Gasteiger partial charge is 0.253 e. The summed E-state index contributed by atoms with van der Waals surface area (Å²) in [6.45, 7) is 24.3. The van der Waals surface area contributed by atoms with Crippen molar-refractivity contribution >= 4 is 33.4 Å². The Kier molecular flexibility index (Phi) is 16.8. The van der Waals surface area contributed by atoms with Gasteiger partial charge >= 0.3 is 0 Å². The Hall–Kier alpha value is -10.5. The van der Waals surface area contributed by atoms with Gasteiger partial charge in [0.2, 0.25) is 17.2 Å². The lowest BCUT2D eigenvalue weighted by atomic mass is 9.78. The summed E-state index contributed by atoms with van der Waals surface area (Å²) in [7, 11) is 1.62. The highest BCUT2D eigenvalue weighted by Gasteiger charge is 2.50. The highest BCUT2D eigenvalue weighted by Crippen LogP contribution is 2.43. The van der Waals surface area contributed by atoms with Gasteiger partial charge in [-0.3, -0.25) is 9.89 Å². The van der Waals surface area contributed by atoms with Crippen LogP contribution in [0.5, 0.6) is 17.2 Å². The average Bonchev–Trinajstić information content (AvgIpc) is 1.73. The highest BCUT2D eigenvalue weighted by atomic mass is 19.1. The van der Waals surface area contributed by atoms with E-state index >= 15 is 8.78 Å². The molecule has 0 radical (unpaired) electrons. The predicted octanol–water partition coefficient (Wildman–Crippen LogP) is 9.60. The van der Waals surface area contributed by atoms with Gasteiger partial charge in [0.1, 0.15) is 40.6 Å². The monoisotopic (exact) mass is 1350 g/mol. The second kappa shape index (κ2) is 24.8. The van der Waals surface area contributed by atoms with Crippen molar-refractivity contribution in [2.75, 3.05) is 0 Å². The van der Waals surface area contributed by atoms with Gasteiger partial charge in [-0.1, -0.05) is 22.6 Å². The van der Waals surface area contributed by atoms with Crippen LogP contribution in [0.2, 0.25) is 0 Å². The van der Waals surface area contributed by atoms with Crippen LogP contribution in [0.4, 0.5) is 13.2 Å². The van der Waals surface area contributed by atoms with Crippen molar-refractivity contribution in [1.82, 2.24) is 121 Å². The number of aromatic nitrogens is 21. The summed E-state index contributed by atoms with van der Waals surface area (Å²) in [5.41, 5.74) is 5.35. The van der Waals surface area contributed by atoms with Crippen LogP contribution in [0.3, 0.4) is 0 Å². The number of phenolic OH excluding ortho intramolecular Hbond substituents is 3. The van der Waals surface area contributed by atoms with Crippen molar-refractivity contribution < 1.29 is 28.5 Å². The van der Waals surface area contributed by atoms with Crippen LogP contribution in [0.1, 0.15) is 127 Å². The number of rotatable bonds is 9. The molecule has 0 spiro atoms. The van der Waals surface area contributed by atoms with Crippen LogP contribution in [0.25, 0.3) is 95.2 Å². The molecule has 31 heteroatoms. The molecule has 3 saturated heterocycles. The molecule has 3 aliphatic heterocycles. The Morgan fingerprint density at radius 3 is 1.48 bits per heavy atom. The molecule has 0 unspecified atom stereocenters. The summed E-state index contributed by atoms with van der Waals surface area (Å²) in [5, 5.41) is 105. The number of hydrogen-bond donors (Lipinski definition) is 7. The Labute approximate surface area is 565 Å². The van der Waals surface area contributed by atoms with E-state index in [1.165, 1.54) is 49.5 Å². The molecule has 12 aromatic rings. The largest absolute Gasteiger partial charge is 0.507 e. The number of nitrogens with zero attached hydrogens (tertiary/aromatic N) is 20. The molecule has 3 aliphatic rings. The predicted molar refractivity (Wildman–Crippen MR) is 363 cm³/mol. The lowest BCUT2D eigenvalue weighted by molar-refractivity contribution is 0.0256. The number of halogens is 3. The fourth-order valence-electron chi connectivity index (χ4n) is 14.6. The van der Waals surface area contributed by atoms with Crippen LogP contribution in [0, 0.1) is 5.95 Å². The third-order valence-corrected chi connectivity index (χ3v) is 18.4. The number of aryl methyl sites for hydroxylation is 1. The second-order valence-electron chi connectivity index (χ2n) is 29.6. The number of alkyl halides is 2.